The Morgan fingerprint density at radius 1 is 0.783 bits per heavy atom. The molecule has 0 aliphatic heterocycles. The van der Waals surface area contributed by atoms with E-state index in [0.717, 1.165) is 22.3 Å². The van der Waals surface area contributed by atoms with Gasteiger partial charge in [-0.2, -0.15) is 0 Å². The second-order valence-electron chi connectivity index (χ2n) is 5.32. The van der Waals surface area contributed by atoms with Crippen LogP contribution in [0.25, 0.3) is 0 Å². The Hall–Kier alpha value is -1.85. The maximum absolute atomic E-state index is 11.8. The van der Waals surface area contributed by atoms with Crippen molar-refractivity contribution in [2.75, 3.05) is 0 Å². The molecule has 0 spiro atoms. The maximum atomic E-state index is 11.8. The highest BCUT2D eigenvalue weighted by atomic mass is 31.2. The molecule has 0 amide bonds. The van der Waals surface area contributed by atoms with E-state index in [9.17, 15) is 9.46 Å². The van der Waals surface area contributed by atoms with Crippen LogP contribution in [0.1, 0.15) is 22.3 Å². The highest BCUT2D eigenvalue weighted by Gasteiger charge is 2.27. The minimum Gasteiger partial charge on any atom is -0.327 e. The van der Waals surface area contributed by atoms with Crippen LogP contribution in [-0.2, 0) is 13.9 Å². The van der Waals surface area contributed by atoms with Crippen molar-refractivity contribution in [1.29, 1.82) is 0 Å². The lowest BCUT2D eigenvalue weighted by Crippen LogP contribution is -2.03. The van der Waals surface area contributed by atoms with Gasteiger partial charge in [0, 0.05) is 0 Å². The molecule has 124 valence electrons. The van der Waals surface area contributed by atoms with E-state index in [4.69, 9.17) is 9.78 Å². The fraction of sp³-hybridized carbons (Fsp3) is 0.250. The lowest BCUT2D eigenvalue weighted by molar-refractivity contribution is -0.188. The second kappa shape index (κ2) is 7.15. The average molecular weight is 338 g/mol. The fourth-order valence-corrected chi connectivity index (χ4v) is 2.35. The van der Waals surface area contributed by atoms with Gasteiger partial charge in [-0.15, -0.1) is 0 Å². The van der Waals surface area contributed by atoms with Gasteiger partial charge in [-0.1, -0.05) is 44.7 Å². The Morgan fingerprint density at radius 3 is 1.52 bits per heavy atom. The summed E-state index contributed by atoms with van der Waals surface area (Å²) in [6.45, 7) is 7.44. The number of benzene rings is 2. The first-order valence-corrected chi connectivity index (χ1v) is 8.46. The molecule has 23 heavy (non-hydrogen) atoms. The quantitative estimate of drug-likeness (QED) is 0.480. The summed E-state index contributed by atoms with van der Waals surface area (Å²) in [4.78, 5) is 19.3. The first-order chi connectivity index (χ1) is 10.8. The van der Waals surface area contributed by atoms with E-state index in [-0.39, 0.29) is 0 Å². The van der Waals surface area contributed by atoms with Crippen LogP contribution >= 0.6 is 7.82 Å². The molecule has 0 aliphatic carbocycles. The van der Waals surface area contributed by atoms with Crippen molar-refractivity contribution in [3.63, 3.8) is 0 Å². The van der Waals surface area contributed by atoms with Crippen LogP contribution in [0.15, 0.2) is 36.4 Å². The molecule has 0 radical (unpaired) electrons. The summed E-state index contributed by atoms with van der Waals surface area (Å²) < 4.78 is 20.7. The fourth-order valence-electron chi connectivity index (χ4n) is 1.97. The summed E-state index contributed by atoms with van der Waals surface area (Å²) in [5.41, 5.74) is 3.61. The zero-order valence-corrected chi connectivity index (χ0v) is 14.3. The number of hydrogen-bond donors (Lipinski definition) is 1. The number of aryl methyl sites for hydroxylation is 4. The molecule has 0 aromatic heterocycles. The minimum absolute atomic E-state index is 0.319. The summed E-state index contributed by atoms with van der Waals surface area (Å²) in [7, 11) is -4.53. The predicted octanol–water partition coefficient (Wildman–Crippen LogP) is 4.34. The van der Waals surface area contributed by atoms with Gasteiger partial charge >= 0.3 is 7.82 Å². The summed E-state index contributed by atoms with van der Waals surface area (Å²) in [5.74, 6) is 0.639. The van der Waals surface area contributed by atoms with Gasteiger partial charge in [-0.25, -0.2) is 4.57 Å². The van der Waals surface area contributed by atoms with E-state index >= 15 is 0 Å². The first-order valence-electron chi connectivity index (χ1n) is 6.97. The van der Waals surface area contributed by atoms with Crippen LogP contribution in [0.5, 0.6) is 11.5 Å². The molecule has 0 bridgehead atoms. The van der Waals surface area contributed by atoms with Gasteiger partial charge in [-0.3, -0.25) is 4.89 Å². The van der Waals surface area contributed by atoms with Crippen molar-refractivity contribution in [3.05, 3.63) is 58.7 Å². The Labute approximate surface area is 135 Å². The predicted molar refractivity (Wildman–Crippen MR) is 85.1 cm³/mol. The smallest absolute Gasteiger partial charge is 0.327 e. The molecule has 2 rings (SSSR count). The van der Waals surface area contributed by atoms with Gasteiger partial charge < -0.3 is 9.78 Å². The summed E-state index contributed by atoms with van der Waals surface area (Å²) in [6, 6.07) is 10.6. The highest BCUT2D eigenvalue weighted by molar-refractivity contribution is 7.47. The van der Waals surface area contributed by atoms with Crippen LogP contribution in [-0.4, -0.2) is 4.89 Å². The van der Waals surface area contributed by atoms with Crippen molar-refractivity contribution in [2.45, 2.75) is 27.7 Å². The summed E-state index contributed by atoms with van der Waals surface area (Å²) >= 11 is 0. The monoisotopic (exact) mass is 338 g/mol. The third-order valence-electron chi connectivity index (χ3n) is 3.10. The van der Waals surface area contributed by atoms with Crippen molar-refractivity contribution in [2.24, 2.45) is 0 Å². The summed E-state index contributed by atoms with van der Waals surface area (Å²) in [5, 5.41) is 0. The lowest BCUT2D eigenvalue weighted by atomic mass is 10.1. The van der Waals surface area contributed by atoms with E-state index in [0.29, 0.717) is 11.5 Å². The Balaban J connectivity index is 1.95. The van der Waals surface area contributed by atoms with Gasteiger partial charge in [0.1, 0.15) is 0 Å². The normalized spacial score (nSPS) is 11.3. The van der Waals surface area contributed by atoms with E-state index in [1.807, 2.05) is 26.0 Å². The topological polar surface area (TPSA) is 74.2 Å². The molecular weight excluding hydrogens is 319 g/mol. The molecule has 7 heteroatoms. The van der Waals surface area contributed by atoms with Crippen LogP contribution in [0.2, 0.25) is 0 Å². The van der Waals surface area contributed by atoms with Gasteiger partial charge in [-0.05, 0) is 51.0 Å². The minimum atomic E-state index is -4.53. The number of rotatable bonds is 6. The van der Waals surface area contributed by atoms with Gasteiger partial charge in [0.05, 0.1) is 0 Å². The van der Waals surface area contributed by atoms with E-state index in [1.165, 1.54) is 0 Å². The zero-order valence-electron chi connectivity index (χ0n) is 13.4. The van der Waals surface area contributed by atoms with E-state index in [1.54, 1.807) is 38.1 Å². The largest absolute Gasteiger partial charge is 0.544 e. The average Bonchev–Trinajstić information content (AvgIpc) is 2.45. The molecule has 1 N–H and O–H groups in total. The van der Waals surface area contributed by atoms with Crippen molar-refractivity contribution >= 4 is 7.82 Å². The third-order valence-corrected chi connectivity index (χ3v) is 3.63. The van der Waals surface area contributed by atoms with E-state index < -0.39 is 7.82 Å². The van der Waals surface area contributed by atoms with Crippen molar-refractivity contribution in [1.82, 2.24) is 0 Å². The molecule has 0 saturated carbocycles. The van der Waals surface area contributed by atoms with E-state index in [2.05, 4.69) is 9.35 Å². The van der Waals surface area contributed by atoms with Gasteiger partial charge in [0.15, 0.2) is 11.5 Å². The molecule has 0 aliphatic rings. The third kappa shape index (κ3) is 5.08. The van der Waals surface area contributed by atoms with Crippen LogP contribution in [0.4, 0.5) is 0 Å². The van der Waals surface area contributed by atoms with Crippen LogP contribution in [0.3, 0.4) is 0 Å². The first kappa shape index (κ1) is 17.5. The zero-order chi connectivity index (χ0) is 17.0. The Morgan fingerprint density at radius 2 is 1.17 bits per heavy atom. The van der Waals surface area contributed by atoms with Crippen LogP contribution < -0.4 is 9.78 Å². The number of hydrogen-bond acceptors (Lipinski definition) is 5. The highest BCUT2D eigenvalue weighted by Crippen LogP contribution is 2.44. The Kier molecular flexibility index (Phi) is 5.44. The molecular formula is C16H19O6P. The van der Waals surface area contributed by atoms with Crippen LogP contribution in [0, 0.1) is 27.7 Å². The maximum Gasteiger partial charge on any atom is 0.544 e. The SMILES string of the molecule is Cc1ccc(OOP(=O)(O)OOc2ccc(C)cc2C)c(C)c1. The second-order valence-corrected chi connectivity index (χ2v) is 6.56. The van der Waals surface area contributed by atoms with Crippen molar-refractivity contribution in [3.8, 4) is 11.5 Å². The standard InChI is InChI=1S/C16H19O6P/c1-11-5-7-15(13(3)9-11)19-21-23(17,18)22-20-16-8-6-12(2)10-14(16)4/h5-10H,1-4H3,(H,17,18). The molecule has 2 aromatic rings. The molecule has 0 unspecified atom stereocenters. The molecule has 2 aromatic carbocycles. The van der Waals surface area contributed by atoms with Gasteiger partial charge in [0.2, 0.25) is 0 Å². The molecule has 0 saturated heterocycles. The van der Waals surface area contributed by atoms with Crippen molar-refractivity contribution < 1.29 is 28.6 Å². The number of phosphoric acid groups is 1. The molecule has 6 nitrogen and oxygen atoms in total. The Bertz CT molecular complexity index is 684. The van der Waals surface area contributed by atoms with Gasteiger partial charge in [0.25, 0.3) is 0 Å². The summed E-state index contributed by atoms with van der Waals surface area (Å²) in [6.07, 6.45) is 0. The molecule has 0 fully saturated rings. The molecule has 0 heterocycles. The molecule has 0 atom stereocenters. The lowest BCUT2D eigenvalue weighted by Gasteiger charge is -2.13.